The number of unbranched alkanes of at least 4 members (excludes halogenated alkanes) is 13. The Bertz CT molecular complexity index is 1100. The van der Waals surface area contributed by atoms with Crippen LogP contribution in [-0.2, 0) is 6.54 Å². The summed E-state index contributed by atoms with van der Waals surface area (Å²) in [5, 5.41) is 27.3. The van der Waals surface area contributed by atoms with Gasteiger partial charge in [-0.1, -0.05) is 120 Å². The summed E-state index contributed by atoms with van der Waals surface area (Å²) in [6.45, 7) is 3.34. The van der Waals surface area contributed by atoms with E-state index < -0.39 is 0 Å². The molecule has 0 aliphatic heterocycles. The predicted octanol–water partition coefficient (Wildman–Crippen LogP) is 8.95. The van der Waals surface area contributed by atoms with Crippen molar-refractivity contribution in [2.24, 2.45) is 0 Å². The van der Waals surface area contributed by atoms with Gasteiger partial charge in [-0.2, -0.15) is 15.8 Å². The maximum absolute atomic E-state index is 9.29. The number of pyridine rings is 1. The first-order valence-electron chi connectivity index (χ1n) is 14.4. The van der Waals surface area contributed by atoms with Crippen molar-refractivity contribution in [3.8, 4) is 18.2 Å². The summed E-state index contributed by atoms with van der Waals surface area (Å²) in [5.74, 6) is 0. The monoisotopic (exact) mass is 507 g/mol. The Hall–Kier alpha value is -3.68. The van der Waals surface area contributed by atoms with E-state index in [0.29, 0.717) is 5.56 Å². The van der Waals surface area contributed by atoms with Gasteiger partial charge in [0.05, 0.1) is 5.57 Å². The van der Waals surface area contributed by atoms with Crippen LogP contribution in [0.5, 0.6) is 0 Å². The molecule has 0 amide bonds. The lowest BCUT2D eigenvalue weighted by molar-refractivity contribution is -0.697. The molecule has 1 heterocycles. The van der Waals surface area contributed by atoms with E-state index in [1.807, 2.05) is 24.3 Å². The quantitative estimate of drug-likeness (QED) is 0.115. The highest BCUT2D eigenvalue weighted by molar-refractivity contribution is 5.84. The highest BCUT2D eigenvalue weighted by Gasteiger charge is 2.08. The van der Waals surface area contributed by atoms with Crippen LogP contribution in [0.3, 0.4) is 0 Å². The minimum Gasteiger partial charge on any atom is -0.205 e. The third-order valence-corrected chi connectivity index (χ3v) is 6.94. The fourth-order valence-corrected chi connectivity index (χ4v) is 4.57. The lowest BCUT2D eigenvalue weighted by Crippen LogP contribution is -2.32. The number of nitrogens with zero attached hydrogens (tertiary/aromatic N) is 4. The number of benzene rings is 1. The Kier molecular flexibility index (Phi) is 15.6. The fraction of sp³-hybridized carbons (Fsp3) is 0.471. The summed E-state index contributed by atoms with van der Waals surface area (Å²) in [5.41, 5.74) is 2.63. The molecule has 38 heavy (non-hydrogen) atoms. The summed E-state index contributed by atoms with van der Waals surface area (Å²) < 4.78 is 2.25. The first-order chi connectivity index (χ1) is 18.7. The zero-order valence-electron chi connectivity index (χ0n) is 23.2. The number of hydrogen-bond acceptors (Lipinski definition) is 3. The van der Waals surface area contributed by atoms with Gasteiger partial charge in [-0.05, 0) is 23.1 Å². The van der Waals surface area contributed by atoms with Crippen molar-refractivity contribution < 1.29 is 4.57 Å². The van der Waals surface area contributed by atoms with E-state index in [4.69, 9.17) is 10.5 Å². The smallest absolute Gasteiger partial charge is 0.169 e. The van der Waals surface area contributed by atoms with Gasteiger partial charge in [-0.3, -0.25) is 0 Å². The summed E-state index contributed by atoms with van der Waals surface area (Å²) in [7, 11) is 0. The third-order valence-electron chi connectivity index (χ3n) is 6.94. The zero-order valence-corrected chi connectivity index (χ0v) is 23.2. The van der Waals surface area contributed by atoms with Crippen LogP contribution in [0, 0.1) is 34.0 Å². The van der Waals surface area contributed by atoms with Crippen molar-refractivity contribution in [3.05, 3.63) is 71.1 Å². The molecule has 0 N–H and O–H groups in total. The van der Waals surface area contributed by atoms with Crippen molar-refractivity contribution in [2.75, 3.05) is 0 Å². The second kappa shape index (κ2) is 19.4. The molecule has 0 saturated heterocycles. The maximum atomic E-state index is 9.29. The molecule has 0 atom stereocenters. The van der Waals surface area contributed by atoms with E-state index in [1.165, 1.54) is 89.9 Å². The van der Waals surface area contributed by atoms with E-state index in [9.17, 15) is 5.26 Å². The Morgan fingerprint density at radius 3 is 1.50 bits per heavy atom. The number of rotatable bonds is 18. The van der Waals surface area contributed by atoms with E-state index in [0.717, 1.165) is 17.7 Å². The van der Waals surface area contributed by atoms with Crippen LogP contribution < -0.4 is 4.57 Å². The van der Waals surface area contributed by atoms with Crippen molar-refractivity contribution in [3.63, 3.8) is 0 Å². The highest BCUT2D eigenvalue weighted by Crippen LogP contribution is 2.19. The molecule has 0 bridgehead atoms. The van der Waals surface area contributed by atoms with Gasteiger partial charge < -0.3 is 0 Å². The number of hydrogen-bond donors (Lipinski definition) is 0. The molecule has 0 radical (unpaired) electrons. The first kappa shape index (κ1) is 30.5. The Morgan fingerprint density at radius 2 is 1.05 bits per heavy atom. The molecule has 1 aromatic carbocycles. The molecule has 198 valence electrons. The molecular formula is C34H43N4+. The van der Waals surface area contributed by atoms with Gasteiger partial charge in [-0.15, -0.1) is 0 Å². The van der Waals surface area contributed by atoms with E-state index in [1.54, 1.807) is 24.3 Å². The third kappa shape index (κ3) is 12.0. The van der Waals surface area contributed by atoms with Crippen molar-refractivity contribution >= 4 is 17.7 Å². The van der Waals surface area contributed by atoms with Crippen molar-refractivity contribution in [2.45, 2.75) is 103 Å². The number of aryl methyl sites for hydroxylation is 1. The summed E-state index contributed by atoms with van der Waals surface area (Å²) in [6, 6.07) is 17.1. The predicted molar refractivity (Wildman–Crippen MR) is 156 cm³/mol. The molecule has 2 rings (SSSR count). The first-order valence-corrected chi connectivity index (χ1v) is 14.4. The number of aromatic nitrogens is 1. The average Bonchev–Trinajstić information content (AvgIpc) is 2.96. The molecule has 0 aliphatic rings. The zero-order chi connectivity index (χ0) is 27.3. The van der Waals surface area contributed by atoms with Gasteiger partial charge in [0.2, 0.25) is 0 Å². The fourth-order valence-electron chi connectivity index (χ4n) is 4.57. The van der Waals surface area contributed by atoms with Crippen LogP contribution in [-0.4, -0.2) is 0 Å². The molecular weight excluding hydrogens is 464 g/mol. The van der Waals surface area contributed by atoms with Crippen molar-refractivity contribution in [1.82, 2.24) is 0 Å². The molecule has 0 unspecified atom stereocenters. The van der Waals surface area contributed by atoms with Gasteiger partial charge in [0.25, 0.3) is 0 Å². The Balaban J connectivity index is 1.62. The van der Waals surface area contributed by atoms with Gasteiger partial charge >= 0.3 is 0 Å². The standard InChI is InChI=1S/C34H43N4/c1-2-3-4-5-6-7-8-9-10-11-12-13-14-15-24-38-25-22-31(23-26-38)17-16-30-18-20-32(21-19-30)34(29-37)33(27-35)28-36/h16-23,25-26H,2-15,24H2,1H3/q+1/b17-16+. The Morgan fingerprint density at radius 1 is 0.605 bits per heavy atom. The molecule has 0 saturated carbocycles. The summed E-state index contributed by atoms with van der Waals surface area (Å²) >= 11 is 0. The second-order valence-electron chi connectivity index (χ2n) is 10.0. The molecule has 0 fully saturated rings. The summed E-state index contributed by atoms with van der Waals surface area (Å²) in [6.07, 6.45) is 27.7. The van der Waals surface area contributed by atoms with Gasteiger partial charge in [-0.25, -0.2) is 4.57 Å². The number of nitriles is 3. The van der Waals surface area contributed by atoms with E-state index >= 15 is 0 Å². The van der Waals surface area contributed by atoms with Crippen LogP contribution in [0.25, 0.3) is 17.7 Å². The molecule has 0 aliphatic carbocycles. The lowest BCUT2D eigenvalue weighted by Gasteiger charge is -2.03. The number of allylic oxidation sites excluding steroid dienone is 2. The van der Waals surface area contributed by atoms with Crippen LogP contribution in [0.15, 0.2) is 54.4 Å². The largest absolute Gasteiger partial charge is 0.205 e. The maximum Gasteiger partial charge on any atom is 0.169 e. The lowest BCUT2D eigenvalue weighted by atomic mass is 10.0. The van der Waals surface area contributed by atoms with Crippen LogP contribution >= 0.6 is 0 Å². The van der Waals surface area contributed by atoms with E-state index in [-0.39, 0.29) is 11.1 Å². The average molecular weight is 508 g/mol. The topological polar surface area (TPSA) is 75.2 Å². The van der Waals surface area contributed by atoms with Crippen LogP contribution in [0.2, 0.25) is 0 Å². The second-order valence-corrected chi connectivity index (χ2v) is 10.0. The van der Waals surface area contributed by atoms with Crippen LogP contribution in [0.1, 0.15) is 114 Å². The molecule has 4 heteroatoms. The van der Waals surface area contributed by atoms with E-state index in [2.05, 4.69) is 42.1 Å². The molecule has 0 spiro atoms. The minimum atomic E-state index is -0.164. The summed E-state index contributed by atoms with van der Waals surface area (Å²) in [4.78, 5) is 0. The highest BCUT2D eigenvalue weighted by atomic mass is 14.9. The van der Waals surface area contributed by atoms with Gasteiger partial charge in [0, 0.05) is 18.6 Å². The minimum absolute atomic E-state index is 0.108. The van der Waals surface area contributed by atoms with Crippen molar-refractivity contribution in [1.29, 1.82) is 15.8 Å². The van der Waals surface area contributed by atoms with Gasteiger partial charge in [0.1, 0.15) is 30.3 Å². The van der Waals surface area contributed by atoms with Gasteiger partial charge in [0.15, 0.2) is 12.4 Å². The Labute approximate surface area is 230 Å². The van der Waals surface area contributed by atoms with Crippen LogP contribution in [0.4, 0.5) is 0 Å². The molecule has 4 nitrogen and oxygen atoms in total. The molecule has 2 aromatic rings. The molecule has 1 aromatic heterocycles. The normalized spacial score (nSPS) is 10.6. The SMILES string of the molecule is CCCCCCCCCCCCCCCC[n+]1ccc(/C=C/c2ccc(C(C#N)=C(C#N)C#N)cc2)cc1.